The fourth-order valence-electron chi connectivity index (χ4n) is 7.84. The maximum absolute atomic E-state index is 4.79. The second-order valence-electron chi connectivity index (χ2n) is 13.7. The van der Waals surface area contributed by atoms with Gasteiger partial charge in [-0.3, -0.25) is 0 Å². The van der Waals surface area contributed by atoms with Gasteiger partial charge in [-0.1, -0.05) is 71.7 Å². The van der Waals surface area contributed by atoms with Gasteiger partial charge in [0.15, 0.2) is 0 Å². The Morgan fingerprint density at radius 1 is 0.615 bits per heavy atom. The van der Waals surface area contributed by atoms with Gasteiger partial charge in [-0.05, 0) is 104 Å². The number of hydrogen-bond acceptors (Lipinski definition) is 3. The maximum atomic E-state index is 4.79. The van der Waals surface area contributed by atoms with Crippen molar-refractivity contribution in [3.05, 3.63) is 186 Å². The van der Waals surface area contributed by atoms with E-state index in [9.17, 15) is 0 Å². The van der Waals surface area contributed by atoms with Crippen LogP contribution in [0.25, 0.3) is 38.8 Å². The molecule has 0 bridgehead atoms. The Balaban J connectivity index is 0.00000387. The predicted octanol–water partition coefficient (Wildman–Crippen LogP) is 11.7. The van der Waals surface area contributed by atoms with Crippen LogP contribution in [0.15, 0.2) is 134 Å². The first kappa shape index (κ1) is 33.7. The van der Waals surface area contributed by atoms with Crippen molar-refractivity contribution in [2.75, 3.05) is 9.80 Å². The summed E-state index contributed by atoms with van der Waals surface area (Å²) in [4.78, 5) is 9.33. The molecule has 0 saturated heterocycles. The van der Waals surface area contributed by atoms with E-state index in [0.29, 0.717) is 6.42 Å². The van der Waals surface area contributed by atoms with Gasteiger partial charge in [0.1, 0.15) is 5.82 Å². The van der Waals surface area contributed by atoms with Crippen molar-refractivity contribution in [1.29, 1.82) is 0 Å². The molecule has 0 amide bonds. The average molecular weight is 853 g/mol. The summed E-state index contributed by atoms with van der Waals surface area (Å²) in [7, 11) is 0. The summed E-state index contributed by atoms with van der Waals surface area (Å²) in [5.74, 6) is 0.905. The van der Waals surface area contributed by atoms with Gasteiger partial charge < -0.3 is 14.4 Å². The molecule has 6 aromatic carbocycles. The molecule has 0 saturated carbocycles. The molecule has 5 heteroatoms. The summed E-state index contributed by atoms with van der Waals surface area (Å²) in [6, 6.07) is 53.2. The van der Waals surface area contributed by atoms with Crippen molar-refractivity contribution < 1.29 is 21.1 Å². The van der Waals surface area contributed by atoms with Crippen LogP contribution >= 0.6 is 0 Å². The van der Waals surface area contributed by atoms with E-state index in [2.05, 4.69) is 182 Å². The van der Waals surface area contributed by atoms with Crippen molar-refractivity contribution >= 4 is 44.6 Å². The Hall–Kier alpha value is -5.44. The standard InChI is InChI=1S/C47H37N4.Pt/c1-31-20-21-48-46(24-31)51-42-15-9-8-14-40(42)41-19-18-35(28-45(41)51)25-36-26-37(47-33(3)22-32(2)23-34(47)4)29-39(27-36)50-30-49(38-12-6-5-7-13-38)43-16-10-11-17-44(43)50;/h5-24,26,29-30H,25H2,1-4H3;/q-3;. The van der Waals surface area contributed by atoms with Crippen molar-refractivity contribution in [1.82, 2.24) is 9.55 Å². The Morgan fingerprint density at radius 3 is 2.10 bits per heavy atom. The van der Waals surface area contributed by atoms with Gasteiger partial charge in [0.05, 0.1) is 0 Å². The van der Waals surface area contributed by atoms with Crippen LogP contribution in [-0.4, -0.2) is 9.55 Å². The minimum atomic E-state index is 0. The quantitative estimate of drug-likeness (QED) is 0.156. The molecular weight excluding hydrogens is 816 g/mol. The van der Waals surface area contributed by atoms with Crippen molar-refractivity contribution in [2.45, 2.75) is 34.1 Å². The van der Waals surface area contributed by atoms with E-state index in [4.69, 9.17) is 4.98 Å². The van der Waals surface area contributed by atoms with E-state index in [0.717, 1.165) is 50.7 Å². The number of para-hydroxylation sites is 4. The summed E-state index contributed by atoms with van der Waals surface area (Å²) in [6.45, 7) is 10.9. The third-order valence-electron chi connectivity index (χ3n) is 9.96. The van der Waals surface area contributed by atoms with Crippen LogP contribution in [0.1, 0.15) is 33.4 Å². The summed E-state index contributed by atoms with van der Waals surface area (Å²) in [5.41, 5.74) is 16.2. The first-order valence-electron chi connectivity index (χ1n) is 17.5. The third-order valence-corrected chi connectivity index (χ3v) is 9.96. The summed E-state index contributed by atoms with van der Waals surface area (Å²) in [5, 5.41) is 2.37. The first-order valence-corrected chi connectivity index (χ1v) is 17.5. The molecule has 0 aliphatic carbocycles. The van der Waals surface area contributed by atoms with E-state index in [1.807, 2.05) is 12.3 Å². The number of hydrogen-bond donors (Lipinski definition) is 0. The molecule has 258 valence electrons. The van der Waals surface area contributed by atoms with Gasteiger partial charge >= 0.3 is 0 Å². The number of aromatic nitrogens is 2. The number of nitrogens with zero attached hydrogens (tertiary/aromatic N) is 4. The molecule has 0 unspecified atom stereocenters. The molecule has 8 aromatic rings. The summed E-state index contributed by atoms with van der Waals surface area (Å²) < 4.78 is 2.25. The normalized spacial score (nSPS) is 12.4. The first-order chi connectivity index (χ1) is 24.9. The molecule has 0 N–H and O–H groups in total. The van der Waals surface area contributed by atoms with E-state index < -0.39 is 0 Å². The number of aryl methyl sites for hydroxylation is 4. The average Bonchev–Trinajstić information content (AvgIpc) is 3.68. The second kappa shape index (κ2) is 13.6. The van der Waals surface area contributed by atoms with Crippen LogP contribution in [0.3, 0.4) is 0 Å². The van der Waals surface area contributed by atoms with Gasteiger partial charge in [-0.25, -0.2) is 4.98 Å². The largest absolute Gasteiger partial charge is 0.493 e. The Morgan fingerprint density at radius 2 is 1.33 bits per heavy atom. The molecule has 1 aliphatic rings. The number of anilines is 4. The molecule has 0 spiro atoms. The molecule has 3 heterocycles. The van der Waals surface area contributed by atoms with Crippen LogP contribution in [0.4, 0.5) is 22.7 Å². The van der Waals surface area contributed by atoms with Crippen LogP contribution in [0, 0.1) is 46.5 Å². The summed E-state index contributed by atoms with van der Waals surface area (Å²) in [6.07, 6.45) is 2.57. The van der Waals surface area contributed by atoms with Gasteiger partial charge in [0.2, 0.25) is 0 Å². The van der Waals surface area contributed by atoms with E-state index in [1.165, 1.54) is 44.2 Å². The number of fused-ring (bicyclic) bond motifs is 4. The van der Waals surface area contributed by atoms with Crippen molar-refractivity contribution in [3.63, 3.8) is 0 Å². The zero-order valence-corrected chi connectivity index (χ0v) is 31.9. The minimum absolute atomic E-state index is 0. The molecule has 0 radical (unpaired) electrons. The molecule has 0 fully saturated rings. The molecule has 4 nitrogen and oxygen atoms in total. The van der Waals surface area contributed by atoms with E-state index >= 15 is 0 Å². The monoisotopic (exact) mass is 852 g/mol. The number of benzene rings is 6. The molecule has 2 aromatic heterocycles. The zero-order valence-electron chi connectivity index (χ0n) is 29.6. The topological polar surface area (TPSA) is 24.3 Å². The predicted molar refractivity (Wildman–Crippen MR) is 211 cm³/mol. The van der Waals surface area contributed by atoms with E-state index in [1.54, 1.807) is 0 Å². The smallest absolute Gasteiger partial charge is 0.135 e. The van der Waals surface area contributed by atoms with Crippen LogP contribution < -0.4 is 9.80 Å². The molecule has 0 atom stereocenters. The minimum Gasteiger partial charge on any atom is -0.493 e. The van der Waals surface area contributed by atoms with Crippen molar-refractivity contribution in [3.8, 4) is 16.9 Å². The number of rotatable bonds is 6. The van der Waals surface area contributed by atoms with Gasteiger partial charge in [-0.2, -0.15) is 41.5 Å². The summed E-state index contributed by atoms with van der Waals surface area (Å²) >= 11 is 0. The van der Waals surface area contributed by atoms with Gasteiger partial charge in [0.25, 0.3) is 0 Å². The van der Waals surface area contributed by atoms with E-state index in [-0.39, 0.29) is 21.1 Å². The Kier molecular flexibility index (Phi) is 8.81. The van der Waals surface area contributed by atoms with Crippen LogP contribution in [0.2, 0.25) is 0 Å². The van der Waals surface area contributed by atoms with Gasteiger partial charge in [-0.15, -0.1) is 29.4 Å². The maximum Gasteiger partial charge on any atom is 0.135 e. The molecule has 52 heavy (non-hydrogen) atoms. The molecule has 1 aliphatic heterocycles. The molecular formula is C47H37N4Pt-3. The SMILES string of the molecule is Cc1ccnc(-n2c3[c-]c(Cc4[c-]c(N5[CH-]N(c6ccccc6)c6ccccc65)cc(-c5c(C)cc(C)cc5C)c4)ccc3c3ccccc32)c1.[Pt]. The second-order valence-corrected chi connectivity index (χ2v) is 13.7. The molecule has 9 rings (SSSR count). The van der Waals surface area contributed by atoms with Crippen molar-refractivity contribution in [2.24, 2.45) is 0 Å². The fourth-order valence-corrected chi connectivity index (χ4v) is 7.84. The van der Waals surface area contributed by atoms with Crippen LogP contribution in [-0.2, 0) is 27.5 Å². The Bertz CT molecular complexity index is 2580. The van der Waals surface area contributed by atoms with Gasteiger partial charge in [0, 0.05) is 49.8 Å². The third kappa shape index (κ3) is 5.91. The fraction of sp³-hybridized carbons (Fsp3) is 0.106. The van der Waals surface area contributed by atoms with Crippen LogP contribution in [0.5, 0.6) is 0 Å². The number of pyridine rings is 1. The Labute approximate surface area is 320 Å². The zero-order chi connectivity index (χ0) is 34.6.